The van der Waals surface area contributed by atoms with Crippen molar-refractivity contribution in [2.24, 2.45) is 5.84 Å². The fourth-order valence-electron chi connectivity index (χ4n) is 1.70. The molecular formula is C14H16Cl2N4. The molecule has 0 spiro atoms. The summed E-state index contributed by atoms with van der Waals surface area (Å²) in [6.07, 6.45) is 0. The van der Waals surface area contributed by atoms with Gasteiger partial charge in [0.15, 0.2) is 5.82 Å². The Balaban J connectivity index is 2.61. The second-order valence-corrected chi connectivity index (χ2v) is 6.32. The van der Waals surface area contributed by atoms with Gasteiger partial charge in [-0.2, -0.15) is 0 Å². The maximum absolute atomic E-state index is 6.21. The van der Waals surface area contributed by atoms with Gasteiger partial charge in [0.25, 0.3) is 0 Å². The Morgan fingerprint density at radius 2 is 1.80 bits per heavy atom. The minimum absolute atomic E-state index is 0.123. The monoisotopic (exact) mass is 310 g/mol. The van der Waals surface area contributed by atoms with Gasteiger partial charge in [-0.05, 0) is 18.2 Å². The summed E-state index contributed by atoms with van der Waals surface area (Å²) >= 11 is 12.1. The lowest BCUT2D eigenvalue weighted by molar-refractivity contribution is 0.568. The van der Waals surface area contributed by atoms with E-state index < -0.39 is 0 Å². The van der Waals surface area contributed by atoms with Gasteiger partial charge in [-0.25, -0.2) is 15.8 Å². The number of halogens is 2. The highest BCUT2D eigenvalue weighted by molar-refractivity contribution is 6.36. The predicted octanol–water partition coefficient (Wildman–Crippen LogP) is 4.03. The number of hydrogen-bond donors (Lipinski definition) is 2. The third-order valence-electron chi connectivity index (χ3n) is 2.81. The van der Waals surface area contributed by atoms with Crippen LogP contribution < -0.4 is 11.3 Å². The van der Waals surface area contributed by atoms with Gasteiger partial charge in [-0.1, -0.05) is 44.0 Å². The van der Waals surface area contributed by atoms with E-state index in [2.05, 4.69) is 36.2 Å². The van der Waals surface area contributed by atoms with Gasteiger partial charge in [0.2, 0.25) is 0 Å². The van der Waals surface area contributed by atoms with E-state index in [4.69, 9.17) is 29.0 Å². The molecular weight excluding hydrogens is 295 g/mol. The summed E-state index contributed by atoms with van der Waals surface area (Å²) in [4.78, 5) is 8.93. The molecule has 0 fully saturated rings. The molecule has 0 unspecified atom stereocenters. The molecule has 1 heterocycles. The lowest BCUT2D eigenvalue weighted by atomic mass is 9.92. The van der Waals surface area contributed by atoms with Crippen molar-refractivity contribution in [1.29, 1.82) is 0 Å². The van der Waals surface area contributed by atoms with Crippen molar-refractivity contribution >= 4 is 29.0 Å². The molecule has 0 radical (unpaired) electrons. The molecule has 20 heavy (non-hydrogen) atoms. The molecule has 1 aromatic heterocycles. The Kier molecular flexibility index (Phi) is 4.18. The first-order chi connectivity index (χ1) is 9.31. The highest BCUT2D eigenvalue weighted by Crippen LogP contribution is 2.31. The first kappa shape index (κ1) is 15.0. The van der Waals surface area contributed by atoms with Crippen molar-refractivity contribution in [3.05, 3.63) is 40.0 Å². The fourth-order valence-corrected chi connectivity index (χ4v) is 2.19. The standard InChI is InChI=1S/C14H16Cl2N4/c1-14(2,3)11-7-12(20-17)19-13(18-11)9-5-4-8(15)6-10(9)16/h4-7H,17H2,1-3H3,(H,18,19,20). The number of nitrogens with one attached hydrogen (secondary N) is 1. The van der Waals surface area contributed by atoms with Gasteiger partial charge in [0.1, 0.15) is 5.82 Å². The zero-order valence-electron chi connectivity index (χ0n) is 11.5. The topological polar surface area (TPSA) is 63.8 Å². The smallest absolute Gasteiger partial charge is 0.163 e. The van der Waals surface area contributed by atoms with E-state index in [9.17, 15) is 0 Å². The molecule has 0 atom stereocenters. The summed E-state index contributed by atoms with van der Waals surface area (Å²) in [7, 11) is 0. The quantitative estimate of drug-likeness (QED) is 0.649. The van der Waals surface area contributed by atoms with Gasteiger partial charge in [-0.15, -0.1) is 0 Å². The van der Waals surface area contributed by atoms with Crippen LogP contribution in [0.3, 0.4) is 0 Å². The largest absolute Gasteiger partial charge is 0.308 e. The van der Waals surface area contributed by atoms with Gasteiger partial charge in [0, 0.05) is 22.1 Å². The molecule has 1 aromatic carbocycles. The third-order valence-corrected chi connectivity index (χ3v) is 3.36. The summed E-state index contributed by atoms with van der Waals surface area (Å²) in [6.45, 7) is 6.22. The molecule has 0 aliphatic carbocycles. The Morgan fingerprint density at radius 3 is 2.35 bits per heavy atom. The van der Waals surface area contributed by atoms with Gasteiger partial charge in [0.05, 0.1) is 10.7 Å². The number of aromatic nitrogens is 2. The van der Waals surface area contributed by atoms with E-state index in [1.165, 1.54) is 0 Å². The fraction of sp³-hybridized carbons (Fsp3) is 0.286. The zero-order valence-corrected chi connectivity index (χ0v) is 13.0. The Bertz CT molecular complexity index is 636. The summed E-state index contributed by atoms with van der Waals surface area (Å²) < 4.78 is 0. The summed E-state index contributed by atoms with van der Waals surface area (Å²) in [5.74, 6) is 6.54. The van der Waals surface area contributed by atoms with E-state index in [1.54, 1.807) is 18.2 Å². The first-order valence-corrected chi connectivity index (χ1v) is 6.88. The number of nitrogens with two attached hydrogens (primary N) is 1. The van der Waals surface area contributed by atoms with Crippen LogP contribution in [-0.2, 0) is 5.41 Å². The molecule has 0 amide bonds. The summed E-state index contributed by atoms with van der Waals surface area (Å²) in [6, 6.07) is 7.05. The molecule has 2 aromatic rings. The van der Waals surface area contributed by atoms with Crippen LogP contribution in [0.2, 0.25) is 10.0 Å². The first-order valence-electron chi connectivity index (χ1n) is 6.13. The van der Waals surface area contributed by atoms with E-state index in [-0.39, 0.29) is 5.41 Å². The molecule has 0 bridgehead atoms. The van der Waals surface area contributed by atoms with Crippen LogP contribution in [0.4, 0.5) is 5.82 Å². The van der Waals surface area contributed by atoms with Crippen LogP contribution in [0.5, 0.6) is 0 Å². The number of benzene rings is 1. The number of rotatable bonds is 2. The highest BCUT2D eigenvalue weighted by Gasteiger charge is 2.19. The Hall–Kier alpha value is -1.36. The number of anilines is 1. The normalized spacial score (nSPS) is 11.5. The molecule has 0 aliphatic rings. The SMILES string of the molecule is CC(C)(C)c1cc(NN)nc(-c2ccc(Cl)cc2Cl)n1. The highest BCUT2D eigenvalue weighted by atomic mass is 35.5. The molecule has 0 aliphatic heterocycles. The number of hydrogen-bond acceptors (Lipinski definition) is 4. The summed E-state index contributed by atoms with van der Waals surface area (Å²) in [5.41, 5.74) is 4.03. The van der Waals surface area contributed by atoms with E-state index >= 15 is 0 Å². The minimum atomic E-state index is -0.123. The average molecular weight is 311 g/mol. The minimum Gasteiger partial charge on any atom is -0.308 e. The van der Waals surface area contributed by atoms with E-state index in [0.717, 1.165) is 11.3 Å². The average Bonchev–Trinajstić information content (AvgIpc) is 2.37. The van der Waals surface area contributed by atoms with Crippen LogP contribution in [0.1, 0.15) is 26.5 Å². The molecule has 4 nitrogen and oxygen atoms in total. The second kappa shape index (κ2) is 5.56. The van der Waals surface area contributed by atoms with Crippen molar-refractivity contribution < 1.29 is 0 Å². The van der Waals surface area contributed by atoms with Crippen LogP contribution in [0.25, 0.3) is 11.4 Å². The van der Waals surface area contributed by atoms with Crippen molar-refractivity contribution in [1.82, 2.24) is 9.97 Å². The lowest BCUT2D eigenvalue weighted by Crippen LogP contribution is -2.17. The van der Waals surface area contributed by atoms with Crippen LogP contribution in [0, 0.1) is 0 Å². The zero-order chi connectivity index (χ0) is 14.9. The van der Waals surface area contributed by atoms with Crippen molar-refractivity contribution in [2.75, 3.05) is 5.43 Å². The number of nitrogens with zero attached hydrogens (tertiary/aromatic N) is 2. The molecule has 0 saturated carbocycles. The third kappa shape index (κ3) is 3.20. The maximum Gasteiger partial charge on any atom is 0.163 e. The molecule has 3 N–H and O–H groups in total. The Morgan fingerprint density at radius 1 is 1.10 bits per heavy atom. The van der Waals surface area contributed by atoms with Crippen LogP contribution in [-0.4, -0.2) is 9.97 Å². The van der Waals surface area contributed by atoms with Crippen molar-refractivity contribution in [3.63, 3.8) is 0 Å². The molecule has 106 valence electrons. The van der Waals surface area contributed by atoms with E-state index in [0.29, 0.717) is 21.7 Å². The summed E-state index contributed by atoms with van der Waals surface area (Å²) in [5, 5.41) is 1.08. The Labute approximate surface area is 128 Å². The number of nitrogen functional groups attached to an aromatic ring is 1. The van der Waals surface area contributed by atoms with E-state index in [1.807, 2.05) is 6.07 Å². The van der Waals surface area contributed by atoms with Crippen LogP contribution in [0.15, 0.2) is 24.3 Å². The molecule has 6 heteroatoms. The molecule has 2 rings (SSSR count). The van der Waals surface area contributed by atoms with Gasteiger partial charge in [-0.3, -0.25) is 0 Å². The molecule has 0 saturated heterocycles. The van der Waals surface area contributed by atoms with Crippen LogP contribution >= 0.6 is 23.2 Å². The van der Waals surface area contributed by atoms with Gasteiger partial charge < -0.3 is 5.43 Å². The number of hydrazine groups is 1. The van der Waals surface area contributed by atoms with Gasteiger partial charge >= 0.3 is 0 Å². The lowest BCUT2D eigenvalue weighted by Gasteiger charge is -2.19. The van der Waals surface area contributed by atoms with Crippen molar-refractivity contribution in [2.45, 2.75) is 26.2 Å². The van der Waals surface area contributed by atoms with Crippen molar-refractivity contribution in [3.8, 4) is 11.4 Å². The maximum atomic E-state index is 6.21. The predicted molar refractivity (Wildman–Crippen MR) is 84.0 cm³/mol. The second-order valence-electron chi connectivity index (χ2n) is 5.48.